The van der Waals surface area contributed by atoms with Crippen molar-refractivity contribution < 1.29 is 14.2 Å². The molecule has 2 aliphatic heterocycles. The van der Waals surface area contributed by atoms with Crippen molar-refractivity contribution in [3.8, 4) is 0 Å². The molecule has 0 amide bonds. The molecule has 1 unspecified atom stereocenters. The van der Waals surface area contributed by atoms with Gasteiger partial charge in [0.25, 0.3) is 3.72 Å². The molecule has 0 saturated heterocycles. The minimum absolute atomic E-state index is 0.180. The molecule has 0 aromatic carbocycles. The molecule has 0 spiro atoms. The van der Waals surface area contributed by atoms with Crippen molar-refractivity contribution >= 4 is 59.6 Å². The van der Waals surface area contributed by atoms with Gasteiger partial charge in [0.1, 0.15) is 5.71 Å². The lowest BCUT2D eigenvalue weighted by molar-refractivity contribution is -0.551. The van der Waals surface area contributed by atoms with E-state index in [1.54, 1.807) is 17.7 Å². The monoisotopic (exact) mass is 410 g/mol. The molecule has 0 fully saturated rings. The zero-order valence-corrected chi connectivity index (χ0v) is 13.0. The van der Waals surface area contributed by atoms with Crippen LogP contribution < -0.4 is 0 Å². The molecule has 2 heterocycles. The van der Waals surface area contributed by atoms with Gasteiger partial charge in [0.2, 0.25) is 5.71 Å². The number of rotatable bonds is 2. The molecule has 2 rings (SSSR count). The van der Waals surface area contributed by atoms with E-state index in [1.165, 1.54) is 0 Å². The predicted octanol–water partition coefficient (Wildman–Crippen LogP) is 1.84. The number of hydrogen-bond acceptors (Lipinski definition) is 4. The Kier molecular flexibility index (Phi) is 3.76. The number of carbonyl (C=O) groups excluding carboxylic acids is 1. The molecule has 7 heteroatoms. The Balaban J connectivity index is 2.38. The van der Waals surface area contributed by atoms with Gasteiger partial charge in [0.15, 0.2) is 0 Å². The molecule has 2 aliphatic rings. The number of nitrogens with zero attached hydrogens (tertiary/aromatic N) is 3. The predicted molar refractivity (Wildman–Crippen MR) is 77.3 cm³/mol. The Hall–Kier alpha value is -0.570. The summed E-state index contributed by atoms with van der Waals surface area (Å²) in [6.07, 6.45) is 1.48. The highest BCUT2D eigenvalue weighted by Crippen LogP contribution is 2.25. The number of ether oxygens (including phenoxy) is 1. The third-order valence-corrected chi connectivity index (χ3v) is 4.18. The third kappa shape index (κ3) is 2.35. The first-order valence-electron chi connectivity index (χ1n) is 5.04. The number of hydrogen-bond donors (Lipinski definition) is 0. The normalized spacial score (nSPS) is 22.8. The van der Waals surface area contributed by atoms with Gasteiger partial charge in [-0.25, -0.2) is 9.79 Å². The van der Waals surface area contributed by atoms with Crippen LogP contribution in [0.5, 0.6) is 0 Å². The first kappa shape index (κ1) is 12.9. The van der Waals surface area contributed by atoms with Crippen LogP contribution in [0.25, 0.3) is 0 Å². The lowest BCUT2D eigenvalue weighted by Crippen LogP contribution is -2.29. The molecule has 17 heavy (non-hydrogen) atoms. The zero-order chi connectivity index (χ0) is 12.6. The maximum atomic E-state index is 11.6. The summed E-state index contributed by atoms with van der Waals surface area (Å²) in [6, 6.07) is 0. The number of esters is 1. The average Bonchev–Trinajstić information content (AvgIpc) is 2.57. The first-order chi connectivity index (χ1) is 8.04. The van der Waals surface area contributed by atoms with Crippen molar-refractivity contribution in [1.82, 2.24) is 0 Å². The van der Waals surface area contributed by atoms with Crippen LogP contribution in [-0.4, -0.2) is 38.6 Å². The van der Waals surface area contributed by atoms with Gasteiger partial charge in [0.05, 0.1) is 11.1 Å². The summed E-state index contributed by atoms with van der Waals surface area (Å²) in [5.41, 5.74) is 1.20. The van der Waals surface area contributed by atoms with E-state index in [2.05, 4.69) is 48.6 Å². The highest BCUT2D eigenvalue weighted by Gasteiger charge is 2.39. The zero-order valence-electron chi connectivity index (χ0n) is 9.28. The fraction of sp³-hybridized carbons (Fsp3) is 0.400. The van der Waals surface area contributed by atoms with E-state index < -0.39 is 5.97 Å². The second kappa shape index (κ2) is 4.97. The third-order valence-electron chi connectivity index (χ3n) is 2.27. The second-order valence-corrected chi connectivity index (χ2v) is 5.40. The highest BCUT2D eigenvalue weighted by atomic mass is 127. The molecule has 0 saturated carbocycles. The Morgan fingerprint density at radius 2 is 2.41 bits per heavy atom. The Morgan fingerprint density at radius 3 is 3.06 bits per heavy atom. The van der Waals surface area contributed by atoms with Crippen molar-refractivity contribution in [1.29, 1.82) is 0 Å². The number of fused-ring (bicyclic) bond motifs is 1. The molecule has 0 N–H and O–H groups in total. The molecule has 0 aromatic heterocycles. The molecule has 90 valence electrons. The Labute approximate surface area is 121 Å². The summed E-state index contributed by atoms with van der Waals surface area (Å²) in [5.74, 6) is -0.420. The number of halogens is 2. The van der Waals surface area contributed by atoms with E-state index >= 15 is 0 Å². The average molecular weight is 411 g/mol. The molecule has 0 radical (unpaired) electrons. The maximum Gasteiger partial charge on any atom is 0.363 e. The van der Waals surface area contributed by atoms with Crippen molar-refractivity contribution in [3.63, 3.8) is 0 Å². The van der Waals surface area contributed by atoms with Crippen LogP contribution >= 0.6 is 38.5 Å². The first-order valence-corrected chi connectivity index (χ1v) is 6.91. The molecular weight excluding hydrogens is 401 g/mol. The quantitative estimate of drug-likeness (QED) is 0.396. The van der Waals surface area contributed by atoms with Crippen molar-refractivity contribution in [2.24, 2.45) is 10.1 Å². The lowest BCUT2D eigenvalue weighted by atomic mass is 10.3. The fourth-order valence-electron chi connectivity index (χ4n) is 1.50. The SMILES string of the molecule is CCOC(=O)C1=N[N+]2=C(I)C(C)=NC2C(Br)=C1. The smallest absolute Gasteiger partial charge is 0.363 e. The minimum Gasteiger partial charge on any atom is -0.461 e. The van der Waals surface area contributed by atoms with Crippen LogP contribution in [0.3, 0.4) is 0 Å². The number of carbonyl (C=O) groups is 1. The van der Waals surface area contributed by atoms with Gasteiger partial charge in [-0.15, -0.1) is 0 Å². The molecule has 0 aliphatic carbocycles. The molecule has 1 atom stereocenters. The fourth-order valence-corrected chi connectivity index (χ4v) is 2.52. The van der Waals surface area contributed by atoms with Crippen LogP contribution in [-0.2, 0) is 9.53 Å². The van der Waals surface area contributed by atoms with Crippen LogP contribution in [0.4, 0.5) is 0 Å². The molecule has 0 bridgehead atoms. The summed E-state index contributed by atoms with van der Waals surface area (Å²) < 4.78 is 8.37. The summed E-state index contributed by atoms with van der Waals surface area (Å²) in [4.78, 5) is 16.1. The van der Waals surface area contributed by atoms with Gasteiger partial charge < -0.3 is 4.74 Å². The van der Waals surface area contributed by atoms with Gasteiger partial charge in [-0.05, 0) is 40.5 Å². The van der Waals surface area contributed by atoms with Crippen LogP contribution in [0.15, 0.2) is 20.7 Å². The van der Waals surface area contributed by atoms with E-state index in [-0.39, 0.29) is 11.9 Å². The number of hydrazone groups is 1. The van der Waals surface area contributed by atoms with Crippen LogP contribution in [0, 0.1) is 0 Å². The maximum absolute atomic E-state index is 11.6. The Morgan fingerprint density at radius 1 is 1.71 bits per heavy atom. The van der Waals surface area contributed by atoms with E-state index in [0.717, 1.165) is 13.9 Å². The lowest BCUT2D eigenvalue weighted by Gasteiger charge is -2.09. The molecular formula is C10H10BrIN3O2+. The van der Waals surface area contributed by atoms with E-state index in [1.807, 2.05) is 6.92 Å². The van der Waals surface area contributed by atoms with E-state index in [0.29, 0.717) is 6.61 Å². The molecule has 0 aromatic rings. The van der Waals surface area contributed by atoms with Crippen molar-refractivity contribution in [3.05, 3.63) is 10.6 Å². The highest BCUT2D eigenvalue weighted by molar-refractivity contribution is 14.1. The summed E-state index contributed by atoms with van der Waals surface area (Å²) in [5, 5.41) is 4.25. The number of aliphatic imine (C=N–C) groups is 1. The van der Waals surface area contributed by atoms with E-state index in [4.69, 9.17) is 4.74 Å². The van der Waals surface area contributed by atoms with Gasteiger partial charge in [-0.3, -0.25) is 0 Å². The van der Waals surface area contributed by atoms with Crippen LogP contribution in [0.1, 0.15) is 13.8 Å². The van der Waals surface area contributed by atoms with Crippen molar-refractivity contribution in [2.45, 2.75) is 20.0 Å². The van der Waals surface area contributed by atoms with Crippen LogP contribution in [0.2, 0.25) is 0 Å². The Bertz CT molecular complexity index is 508. The van der Waals surface area contributed by atoms with E-state index in [9.17, 15) is 4.79 Å². The van der Waals surface area contributed by atoms with Gasteiger partial charge in [-0.1, -0.05) is 0 Å². The van der Waals surface area contributed by atoms with Gasteiger partial charge >= 0.3 is 12.1 Å². The van der Waals surface area contributed by atoms with Crippen molar-refractivity contribution in [2.75, 3.05) is 6.61 Å². The summed E-state index contributed by atoms with van der Waals surface area (Å²) in [7, 11) is 0. The summed E-state index contributed by atoms with van der Waals surface area (Å²) in [6.45, 7) is 4.02. The minimum atomic E-state index is -0.420. The topological polar surface area (TPSA) is 54.0 Å². The molecule has 5 nitrogen and oxygen atoms in total. The second-order valence-electron chi connectivity index (χ2n) is 3.46. The van der Waals surface area contributed by atoms with Gasteiger partial charge in [-0.2, -0.15) is 0 Å². The standard InChI is InChI=1S/C10H10BrIN3O2/c1-3-17-10(16)7-4-6(11)9-13-5(2)8(12)15(9)14-7/h4,9H,3H2,1-2H3/q+1. The largest absolute Gasteiger partial charge is 0.461 e. The summed E-state index contributed by atoms with van der Waals surface area (Å²) >= 11 is 5.58. The van der Waals surface area contributed by atoms with Gasteiger partial charge in [0, 0.05) is 27.7 Å².